The Morgan fingerprint density at radius 3 is 2.41 bits per heavy atom. The fourth-order valence-corrected chi connectivity index (χ4v) is 2.24. The first kappa shape index (κ1) is 15.9. The fourth-order valence-electron chi connectivity index (χ4n) is 2.04. The Labute approximate surface area is 132 Å². The molecular formula is C17H13ClO4. The van der Waals surface area contributed by atoms with Gasteiger partial charge in [-0.2, -0.15) is 0 Å². The minimum absolute atomic E-state index is 0.319. The van der Waals surface area contributed by atoms with Gasteiger partial charge in [-0.05, 0) is 29.7 Å². The molecule has 2 aromatic carbocycles. The molecule has 0 spiro atoms. The molecule has 0 saturated carbocycles. The molecule has 112 valence electrons. The van der Waals surface area contributed by atoms with Gasteiger partial charge < -0.3 is 5.11 Å². The fraction of sp³-hybridized carbons (Fsp3) is 0.118. The Hall–Kier alpha value is -2.46. The highest BCUT2D eigenvalue weighted by Crippen LogP contribution is 2.19. The van der Waals surface area contributed by atoms with E-state index in [0.29, 0.717) is 17.0 Å². The van der Waals surface area contributed by atoms with Crippen LogP contribution in [0.3, 0.4) is 0 Å². The molecule has 0 atom stereocenters. The predicted octanol–water partition coefficient (Wildman–Crippen LogP) is 3.16. The summed E-state index contributed by atoms with van der Waals surface area (Å²) < 4.78 is 0. The van der Waals surface area contributed by atoms with Crippen LogP contribution in [-0.2, 0) is 16.0 Å². The van der Waals surface area contributed by atoms with E-state index < -0.39 is 24.0 Å². The molecule has 1 N–H and O–H groups in total. The van der Waals surface area contributed by atoms with Crippen molar-refractivity contribution in [1.82, 2.24) is 0 Å². The summed E-state index contributed by atoms with van der Waals surface area (Å²) in [5.41, 5.74) is 2.11. The van der Waals surface area contributed by atoms with Crippen LogP contribution in [0.25, 0.3) is 0 Å². The lowest BCUT2D eigenvalue weighted by molar-refractivity contribution is -0.148. The third kappa shape index (κ3) is 4.02. The summed E-state index contributed by atoms with van der Waals surface area (Å²) in [7, 11) is 0. The highest BCUT2D eigenvalue weighted by atomic mass is 35.5. The van der Waals surface area contributed by atoms with E-state index >= 15 is 0 Å². The maximum atomic E-state index is 11.9. The van der Waals surface area contributed by atoms with Crippen molar-refractivity contribution in [2.75, 3.05) is 0 Å². The molecule has 2 rings (SSSR count). The van der Waals surface area contributed by atoms with Crippen LogP contribution in [0.15, 0.2) is 48.5 Å². The first-order valence-corrected chi connectivity index (χ1v) is 6.97. The summed E-state index contributed by atoms with van der Waals surface area (Å²) in [5, 5.41) is 9.18. The van der Waals surface area contributed by atoms with Crippen molar-refractivity contribution in [2.24, 2.45) is 0 Å². The number of carboxylic acids is 1. The highest BCUT2D eigenvalue weighted by molar-refractivity contribution is 6.37. The normalized spacial score (nSPS) is 10.2. The van der Waals surface area contributed by atoms with Crippen LogP contribution in [0.2, 0.25) is 5.02 Å². The zero-order chi connectivity index (χ0) is 16.1. The number of halogens is 1. The van der Waals surface area contributed by atoms with Gasteiger partial charge in [-0.25, -0.2) is 4.79 Å². The van der Waals surface area contributed by atoms with Gasteiger partial charge in [0.25, 0.3) is 0 Å². The van der Waals surface area contributed by atoms with Crippen LogP contribution in [-0.4, -0.2) is 22.6 Å². The van der Waals surface area contributed by atoms with Gasteiger partial charge in [0, 0.05) is 10.6 Å². The van der Waals surface area contributed by atoms with E-state index in [4.69, 9.17) is 16.7 Å². The van der Waals surface area contributed by atoms with Crippen LogP contribution in [0.5, 0.6) is 0 Å². The summed E-state index contributed by atoms with van der Waals surface area (Å²) in [6.45, 7) is 0. The van der Waals surface area contributed by atoms with Crippen LogP contribution in [0, 0.1) is 0 Å². The molecule has 22 heavy (non-hydrogen) atoms. The third-order valence-corrected chi connectivity index (χ3v) is 3.53. The molecular weight excluding hydrogens is 304 g/mol. The molecule has 4 nitrogen and oxygen atoms in total. The van der Waals surface area contributed by atoms with Crippen LogP contribution in [0.1, 0.15) is 27.9 Å². The lowest BCUT2D eigenvalue weighted by Gasteiger charge is -2.06. The van der Waals surface area contributed by atoms with E-state index in [1.54, 1.807) is 24.3 Å². The Morgan fingerprint density at radius 2 is 1.73 bits per heavy atom. The van der Waals surface area contributed by atoms with Crippen molar-refractivity contribution in [2.45, 2.75) is 12.8 Å². The summed E-state index contributed by atoms with van der Waals surface area (Å²) in [4.78, 5) is 33.5. The molecule has 0 aromatic heterocycles. The van der Waals surface area contributed by atoms with Gasteiger partial charge >= 0.3 is 5.97 Å². The molecule has 0 radical (unpaired) electrons. The minimum Gasteiger partial charge on any atom is -0.475 e. The molecule has 2 aromatic rings. The number of hydrogen-bond donors (Lipinski definition) is 1. The molecule has 0 saturated heterocycles. The van der Waals surface area contributed by atoms with E-state index in [1.807, 2.05) is 24.3 Å². The Balaban J connectivity index is 2.16. The maximum Gasteiger partial charge on any atom is 0.372 e. The van der Waals surface area contributed by atoms with E-state index in [1.165, 1.54) is 0 Å². The molecule has 0 bridgehead atoms. The number of rotatable bonds is 6. The van der Waals surface area contributed by atoms with E-state index in [0.717, 1.165) is 11.1 Å². The van der Waals surface area contributed by atoms with Gasteiger partial charge in [-0.3, -0.25) is 9.59 Å². The Bertz CT molecular complexity index is 737. The second-order valence-electron chi connectivity index (χ2n) is 4.80. The number of aliphatic carboxylic acids is 1. The molecule has 0 heterocycles. The monoisotopic (exact) mass is 316 g/mol. The van der Waals surface area contributed by atoms with Gasteiger partial charge in [0.2, 0.25) is 5.78 Å². The topological polar surface area (TPSA) is 71.4 Å². The number of Topliss-reactive ketones (excluding diaryl/α,β-unsaturated/α-hetero) is 2. The molecule has 0 amide bonds. The number of carboxylic acid groups (broad SMARTS) is 1. The predicted molar refractivity (Wildman–Crippen MR) is 82.3 cm³/mol. The lowest BCUT2D eigenvalue weighted by atomic mass is 9.99. The van der Waals surface area contributed by atoms with Crippen molar-refractivity contribution in [1.29, 1.82) is 0 Å². The summed E-state index contributed by atoms with van der Waals surface area (Å²) in [6.07, 6.45) is -0.0848. The number of hydrogen-bond acceptors (Lipinski definition) is 3. The molecule has 0 fully saturated rings. The standard InChI is InChI=1S/C17H13ClO4/c18-14-7-2-1-5-12(14)8-11-4-3-6-13(9-11)15(19)10-16(20)17(21)22/h1-7,9H,8,10H2,(H,21,22). The largest absolute Gasteiger partial charge is 0.475 e. The van der Waals surface area contributed by atoms with Crippen LogP contribution in [0.4, 0.5) is 0 Å². The Kier molecular flexibility index (Phi) is 5.07. The van der Waals surface area contributed by atoms with Gasteiger partial charge in [-0.15, -0.1) is 0 Å². The highest BCUT2D eigenvalue weighted by Gasteiger charge is 2.18. The van der Waals surface area contributed by atoms with Crippen molar-refractivity contribution >= 4 is 29.1 Å². The summed E-state index contributed by atoms with van der Waals surface area (Å²) in [5.74, 6) is -3.21. The first-order valence-electron chi connectivity index (χ1n) is 6.59. The number of carbonyl (C=O) groups excluding carboxylic acids is 2. The zero-order valence-electron chi connectivity index (χ0n) is 11.6. The van der Waals surface area contributed by atoms with Gasteiger partial charge in [0.15, 0.2) is 5.78 Å². The van der Waals surface area contributed by atoms with Crippen molar-refractivity contribution in [3.63, 3.8) is 0 Å². The average Bonchev–Trinajstić information content (AvgIpc) is 2.49. The number of ketones is 2. The van der Waals surface area contributed by atoms with Crippen molar-refractivity contribution in [3.8, 4) is 0 Å². The van der Waals surface area contributed by atoms with E-state index in [-0.39, 0.29) is 0 Å². The van der Waals surface area contributed by atoms with E-state index in [9.17, 15) is 14.4 Å². The zero-order valence-corrected chi connectivity index (χ0v) is 12.3. The third-order valence-electron chi connectivity index (χ3n) is 3.16. The Morgan fingerprint density at radius 1 is 1.00 bits per heavy atom. The molecule has 5 heteroatoms. The number of carbonyl (C=O) groups is 3. The second kappa shape index (κ2) is 7.00. The minimum atomic E-state index is -1.60. The molecule has 0 unspecified atom stereocenters. The second-order valence-corrected chi connectivity index (χ2v) is 5.20. The van der Waals surface area contributed by atoms with Gasteiger partial charge in [0.1, 0.15) is 0 Å². The first-order chi connectivity index (χ1) is 10.5. The van der Waals surface area contributed by atoms with Gasteiger partial charge in [0.05, 0.1) is 6.42 Å². The van der Waals surface area contributed by atoms with Crippen molar-refractivity contribution in [3.05, 3.63) is 70.2 Å². The molecule has 0 aliphatic heterocycles. The van der Waals surface area contributed by atoms with Crippen LogP contribution < -0.4 is 0 Å². The smallest absolute Gasteiger partial charge is 0.372 e. The summed E-state index contributed by atoms with van der Waals surface area (Å²) >= 11 is 6.10. The summed E-state index contributed by atoms with van der Waals surface area (Å²) in [6, 6.07) is 14.2. The van der Waals surface area contributed by atoms with Gasteiger partial charge in [-0.1, -0.05) is 48.0 Å². The lowest BCUT2D eigenvalue weighted by Crippen LogP contribution is -2.17. The van der Waals surface area contributed by atoms with Crippen LogP contribution >= 0.6 is 11.6 Å². The van der Waals surface area contributed by atoms with E-state index in [2.05, 4.69) is 0 Å². The molecule has 0 aliphatic carbocycles. The number of benzene rings is 2. The molecule has 0 aliphatic rings. The maximum absolute atomic E-state index is 11.9. The quantitative estimate of drug-likeness (QED) is 0.505. The SMILES string of the molecule is O=C(O)C(=O)CC(=O)c1cccc(Cc2ccccc2Cl)c1. The average molecular weight is 317 g/mol. The van der Waals surface area contributed by atoms with Crippen molar-refractivity contribution < 1.29 is 19.5 Å².